The Hall–Kier alpha value is -0.610. The summed E-state index contributed by atoms with van der Waals surface area (Å²) in [4.78, 5) is 18.4. The molecule has 8 heteroatoms. The van der Waals surface area contributed by atoms with E-state index in [1.807, 2.05) is 20.8 Å². The van der Waals surface area contributed by atoms with E-state index in [2.05, 4.69) is 20.5 Å². The number of ether oxygens (including phenoxy) is 2. The number of morpholine rings is 1. The van der Waals surface area contributed by atoms with E-state index >= 15 is 0 Å². The second-order valence-corrected chi connectivity index (χ2v) is 7.11. The summed E-state index contributed by atoms with van der Waals surface area (Å²) in [5, 5.41) is 6.08. The summed E-state index contributed by atoms with van der Waals surface area (Å²) in [5.41, 5.74) is -0.230. The predicted octanol–water partition coefficient (Wildman–Crippen LogP) is 0.974. The maximum atomic E-state index is 11.9. The van der Waals surface area contributed by atoms with E-state index in [9.17, 15) is 4.79 Å². The summed E-state index contributed by atoms with van der Waals surface area (Å²) in [6.45, 7) is 9.10. The van der Waals surface area contributed by atoms with Gasteiger partial charge in [-0.2, -0.15) is 0 Å². The summed E-state index contributed by atoms with van der Waals surface area (Å²) >= 11 is 0. The minimum absolute atomic E-state index is 0. The van der Waals surface area contributed by atoms with E-state index < -0.39 is 0 Å². The number of carbonyl (C=O) groups excluding carboxylic acids is 1. The van der Waals surface area contributed by atoms with Gasteiger partial charge >= 0.3 is 0 Å². The van der Waals surface area contributed by atoms with Gasteiger partial charge in [0, 0.05) is 32.3 Å². The second kappa shape index (κ2) is 9.76. The molecule has 140 valence electrons. The molecule has 24 heavy (non-hydrogen) atoms. The molecule has 1 amide bonds. The zero-order valence-electron chi connectivity index (χ0n) is 15.1. The molecule has 2 fully saturated rings. The first kappa shape index (κ1) is 21.4. The minimum atomic E-state index is -0.230. The highest BCUT2D eigenvalue weighted by atomic mass is 127. The van der Waals surface area contributed by atoms with Crippen molar-refractivity contribution in [3.63, 3.8) is 0 Å². The third-order valence-electron chi connectivity index (χ3n) is 3.91. The van der Waals surface area contributed by atoms with E-state index in [-0.39, 0.29) is 54.2 Å². The average molecular weight is 454 g/mol. The third kappa shape index (κ3) is 6.72. The van der Waals surface area contributed by atoms with Crippen LogP contribution in [0.1, 0.15) is 33.6 Å². The molecular formula is C16H31IN4O3. The zero-order chi connectivity index (χ0) is 16.9. The first-order valence-corrected chi connectivity index (χ1v) is 8.39. The molecule has 0 aliphatic carbocycles. The van der Waals surface area contributed by atoms with E-state index in [1.54, 1.807) is 7.05 Å². The molecule has 2 aliphatic heterocycles. The van der Waals surface area contributed by atoms with E-state index in [0.29, 0.717) is 6.61 Å². The number of aliphatic imine (C=N–C) groups is 1. The second-order valence-electron chi connectivity index (χ2n) is 7.11. The Bertz CT molecular complexity index is 434. The molecule has 0 radical (unpaired) electrons. The van der Waals surface area contributed by atoms with Gasteiger partial charge in [-0.15, -0.1) is 24.0 Å². The van der Waals surface area contributed by atoms with Gasteiger partial charge in [0.2, 0.25) is 5.91 Å². The lowest BCUT2D eigenvalue weighted by molar-refractivity contribution is -0.121. The van der Waals surface area contributed by atoms with Gasteiger partial charge in [-0.25, -0.2) is 0 Å². The number of guanidine groups is 1. The summed E-state index contributed by atoms with van der Waals surface area (Å²) in [6.07, 6.45) is 2.41. The van der Waals surface area contributed by atoms with E-state index in [0.717, 1.165) is 38.5 Å². The van der Waals surface area contributed by atoms with Crippen LogP contribution in [0.3, 0.4) is 0 Å². The molecule has 0 aromatic carbocycles. The van der Waals surface area contributed by atoms with Crippen LogP contribution in [-0.4, -0.2) is 74.4 Å². The van der Waals surface area contributed by atoms with Gasteiger partial charge in [-0.05, 0) is 33.6 Å². The molecule has 7 nitrogen and oxygen atoms in total. The minimum Gasteiger partial charge on any atom is -0.375 e. The van der Waals surface area contributed by atoms with Crippen molar-refractivity contribution >= 4 is 35.8 Å². The maximum Gasteiger partial charge on any atom is 0.239 e. The van der Waals surface area contributed by atoms with E-state index in [4.69, 9.17) is 9.47 Å². The van der Waals surface area contributed by atoms with Gasteiger partial charge in [-0.1, -0.05) is 0 Å². The molecule has 2 saturated heterocycles. The SMILES string of the molecule is CN=C(NCC(=O)NC(C)(C)C)N1CCOC(C2CCCO2)C1.I. The smallest absolute Gasteiger partial charge is 0.239 e. The fourth-order valence-electron chi connectivity index (χ4n) is 2.94. The van der Waals surface area contributed by atoms with Crippen molar-refractivity contribution in [2.45, 2.75) is 51.4 Å². The van der Waals surface area contributed by atoms with E-state index in [1.165, 1.54) is 0 Å². The largest absolute Gasteiger partial charge is 0.375 e. The lowest BCUT2D eigenvalue weighted by Gasteiger charge is -2.37. The highest BCUT2D eigenvalue weighted by molar-refractivity contribution is 14.0. The molecular weight excluding hydrogens is 423 g/mol. The Morgan fingerprint density at radius 3 is 2.54 bits per heavy atom. The van der Waals surface area contributed by atoms with Crippen molar-refractivity contribution in [2.24, 2.45) is 4.99 Å². The number of halogens is 1. The number of carbonyl (C=O) groups is 1. The number of nitrogens with one attached hydrogen (secondary N) is 2. The molecule has 0 aromatic rings. The van der Waals surface area contributed by atoms with Crippen LogP contribution in [0, 0.1) is 0 Å². The quantitative estimate of drug-likeness (QED) is 0.378. The van der Waals surface area contributed by atoms with Crippen LogP contribution in [0.2, 0.25) is 0 Å². The van der Waals surface area contributed by atoms with Crippen molar-refractivity contribution in [3.8, 4) is 0 Å². The number of hydrogen-bond acceptors (Lipinski definition) is 4. The summed E-state index contributed by atoms with van der Waals surface area (Å²) in [7, 11) is 1.74. The van der Waals surface area contributed by atoms with Crippen molar-refractivity contribution in [2.75, 3.05) is 39.9 Å². The van der Waals surface area contributed by atoms with Crippen LogP contribution in [0.15, 0.2) is 4.99 Å². The molecule has 2 N–H and O–H groups in total. The Kier molecular flexibility index (Phi) is 8.72. The molecule has 2 heterocycles. The van der Waals surface area contributed by atoms with Crippen LogP contribution >= 0.6 is 24.0 Å². The van der Waals surface area contributed by atoms with Crippen molar-refractivity contribution in [1.82, 2.24) is 15.5 Å². The van der Waals surface area contributed by atoms with Gasteiger partial charge in [0.15, 0.2) is 5.96 Å². The van der Waals surface area contributed by atoms with Crippen LogP contribution in [-0.2, 0) is 14.3 Å². The molecule has 0 bridgehead atoms. The Morgan fingerprint density at radius 1 is 1.25 bits per heavy atom. The molecule has 2 unspecified atom stereocenters. The number of hydrogen-bond donors (Lipinski definition) is 2. The van der Waals surface area contributed by atoms with Gasteiger partial charge in [0.05, 0.1) is 19.3 Å². The van der Waals surface area contributed by atoms with Crippen molar-refractivity contribution < 1.29 is 14.3 Å². The van der Waals surface area contributed by atoms with Gasteiger partial charge < -0.3 is 25.0 Å². The fraction of sp³-hybridized carbons (Fsp3) is 0.875. The first-order chi connectivity index (χ1) is 10.9. The van der Waals surface area contributed by atoms with Gasteiger partial charge in [0.1, 0.15) is 6.10 Å². The van der Waals surface area contributed by atoms with Gasteiger partial charge in [0.25, 0.3) is 0 Å². The lowest BCUT2D eigenvalue weighted by Crippen LogP contribution is -2.55. The molecule has 0 saturated carbocycles. The van der Waals surface area contributed by atoms with Crippen LogP contribution in [0.5, 0.6) is 0 Å². The number of amides is 1. The van der Waals surface area contributed by atoms with Crippen molar-refractivity contribution in [3.05, 3.63) is 0 Å². The molecule has 0 spiro atoms. The lowest BCUT2D eigenvalue weighted by atomic mass is 10.1. The number of rotatable bonds is 3. The average Bonchev–Trinajstić information content (AvgIpc) is 3.00. The molecule has 2 rings (SSSR count). The van der Waals surface area contributed by atoms with Crippen LogP contribution < -0.4 is 10.6 Å². The Morgan fingerprint density at radius 2 is 1.96 bits per heavy atom. The molecule has 2 atom stereocenters. The topological polar surface area (TPSA) is 75.2 Å². The zero-order valence-corrected chi connectivity index (χ0v) is 17.5. The number of nitrogens with zero attached hydrogens (tertiary/aromatic N) is 2. The molecule has 0 aromatic heterocycles. The first-order valence-electron chi connectivity index (χ1n) is 8.39. The summed E-state index contributed by atoms with van der Waals surface area (Å²) in [6, 6.07) is 0. The summed E-state index contributed by atoms with van der Waals surface area (Å²) in [5.74, 6) is 0.697. The van der Waals surface area contributed by atoms with Crippen LogP contribution in [0.25, 0.3) is 0 Å². The summed E-state index contributed by atoms with van der Waals surface area (Å²) < 4.78 is 11.6. The Labute approximate surface area is 161 Å². The van der Waals surface area contributed by atoms with Gasteiger partial charge in [-0.3, -0.25) is 9.79 Å². The highest BCUT2D eigenvalue weighted by Crippen LogP contribution is 2.20. The normalized spacial score (nSPS) is 25.2. The van der Waals surface area contributed by atoms with Crippen LogP contribution in [0.4, 0.5) is 0 Å². The van der Waals surface area contributed by atoms with Crippen molar-refractivity contribution in [1.29, 1.82) is 0 Å². The predicted molar refractivity (Wildman–Crippen MR) is 105 cm³/mol. The fourth-order valence-corrected chi connectivity index (χ4v) is 2.94. The Balaban J connectivity index is 0.00000288. The highest BCUT2D eigenvalue weighted by Gasteiger charge is 2.32. The monoisotopic (exact) mass is 454 g/mol. The standard InChI is InChI=1S/C16H30N4O3.HI/c1-16(2,3)19-14(21)10-18-15(17-4)20-7-9-23-13(11-20)12-6-5-8-22-12;/h12-13H,5-11H2,1-4H3,(H,17,18)(H,19,21);1H. The molecule has 2 aliphatic rings. The third-order valence-corrected chi connectivity index (χ3v) is 3.91. The maximum absolute atomic E-state index is 11.9.